The molecule has 1 saturated carbocycles. The number of anilines is 1. The first-order chi connectivity index (χ1) is 14.0. The summed E-state index contributed by atoms with van der Waals surface area (Å²) >= 11 is 1.16. The van der Waals surface area contributed by atoms with E-state index in [1.54, 1.807) is 42.8 Å². The SMILES string of the molecule is CCN(c1ccc(OC)cc1)S(=O)(=O)c1cc(-c2noc(C3CCCC3)n2)cs1. The molecule has 3 aromatic rings. The number of thiophene rings is 1. The van der Waals surface area contributed by atoms with Gasteiger partial charge < -0.3 is 9.26 Å². The van der Waals surface area contributed by atoms with Crippen molar-refractivity contribution < 1.29 is 17.7 Å². The number of methoxy groups -OCH3 is 1. The van der Waals surface area contributed by atoms with Gasteiger partial charge in [0, 0.05) is 23.4 Å². The Morgan fingerprint density at radius 2 is 1.97 bits per heavy atom. The van der Waals surface area contributed by atoms with E-state index in [0.717, 1.165) is 24.2 Å². The molecule has 0 spiro atoms. The monoisotopic (exact) mass is 433 g/mol. The van der Waals surface area contributed by atoms with Gasteiger partial charge in [-0.25, -0.2) is 8.42 Å². The van der Waals surface area contributed by atoms with Gasteiger partial charge in [0.1, 0.15) is 9.96 Å². The van der Waals surface area contributed by atoms with E-state index in [1.165, 1.54) is 17.1 Å². The quantitative estimate of drug-likeness (QED) is 0.538. The molecule has 0 aliphatic heterocycles. The molecule has 2 heterocycles. The molecular formula is C20H23N3O4S2. The third kappa shape index (κ3) is 3.89. The molecule has 0 atom stereocenters. The molecule has 0 bridgehead atoms. The van der Waals surface area contributed by atoms with Crippen LogP contribution in [0.25, 0.3) is 11.4 Å². The molecule has 0 N–H and O–H groups in total. The Hall–Kier alpha value is -2.39. The third-order valence-electron chi connectivity index (χ3n) is 5.17. The van der Waals surface area contributed by atoms with Crippen molar-refractivity contribution in [2.45, 2.75) is 42.7 Å². The highest BCUT2D eigenvalue weighted by atomic mass is 32.2. The van der Waals surface area contributed by atoms with Crippen LogP contribution in [0.1, 0.15) is 44.4 Å². The molecule has 2 aromatic heterocycles. The predicted molar refractivity (Wildman–Crippen MR) is 112 cm³/mol. The average Bonchev–Trinajstić information content (AvgIpc) is 3.49. The van der Waals surface area contributed by atoms with Crippen molar-refractivity contribution in [2.75, 3.05) is 18.0 Å². The van der Waals surface area contributed by atoms with Gasteiger partial charge in [-0.2, -0.15) is 4.98 Å². The summed E-state index contributed by atoms with van der Waals surface area (Å²) in [5, 5.41) is 5.83. The smallest absolute Gasteiger partial charge is 0.273 e. The number of sulfonamides is 1. The molecule has 1 aliphatic rings. The molecule has 0 saturated heterocycles. The fourth-order valence-corrected chi connectivity index (χ4v) is 6.35. The molecule has 9 heteroatoms. The Morgan fingerprint density at radius 3 is 2.62 bits per heavy atom. The molecule has 7 nitrogen and oxygen atoms in total. The summed E-state index contributed by atoms with van der Waals surface area (Å²) < 4.78 is 38.6. The molecule has 0 unspecified atom stereocenters. The maximum atomic E-state index is 13.2. The highest BCUT2D eigenvalue weighted by Crippen LogP contribution is 2.35. The van der Waals surface area contributed by atoms with E-state index in [9.17, 15) is 8.42 Å². The topological polar surface area (TPSA) is 85.5 Å². The van der Waals surface area contributed by atoms with Gasteiger partial charge in [-0.3, -0.25) is 4.31 Å². The highest BCUT2D eigenvalue weighted by molar-refractivity contribution is 7.94. The van der Waals surface area contributed by atoms with Crippen molar-refractivity contribution in [3.63, 3.8) is 0 Å². The van der Waals surface area contributed by atoms with Crippen LogP contribution in [0.4, 0.5) is 5.69 Å². The number of hydrogen-bond acceptors (Lipinski definition) is 7. The van der Waals surface area contributed by atoms with Crippen molar-refractivity contribution in [1.82, 2.24) is 10.1 Å². The minimum atomic E-state index is -3.69. The lowest BCUT2D eigenvalue weighted by Gasteiger charge is -2.22. The van der Waals surface area contributed by atoms with Gasteiger partial charge in [-0.1, -0.05) is 18.0 Å². The van der Waals surface area contributed by atoms with E-state index in [-0.39, 0.29) is 4.21 Å². The first-order valence-corrected chi connectivity index (χ1v) is 11.9. The lowest BCUT2D eigenvalue weighted by atomic mass is 10.1. The normalized spacial score (nSPS) is 15.0. The second-order valence-electron chi connectivity index (χ2n) is 6.96. The number of rotatable bonds is 7. The standard InChI is InChI=1S/C20H23N3O4S2/c1-3-23(16-8-10-17(26-2)11-9-16)29(24,25)18-12-15(13-28-18)19-21-20(27-22-19)14-6-4-5-7-14/h8-14H,3-7H2,1-2H3. The minimum Gasteiger partial charge on any atom is -0.497 e. The van der Waals surface area contributed by atoms with Gasteiger partial charge in [-0.15, -0.1) is 11.3 Å². The third-order valence-corrected chi connectivity index (χ3v) is 8.49. The largest absolute Gasteiger partial charge is 0.497 e. The Kier molecular flexibility index (Phi) is 5.60. The van der Waals surface area contributed by atoms with E-state index in [4.69, 9.17) is 9.26 Å². The zero-order chi connectivity index (χ0) is 20.4. The van der Waals surface area contributed by atoms with Gasteiger partial charge in [-0.05, 0) is 50.1 Å². The average molecular weight is 434 g/mol. The van der Waals surface area contributed by atoms with Gasteiger partial charge in [0.25, 0.3) is 10.0 Å². The summed E-state index contributed by atoms with van der Waals surface area (Å²) in [6, 6.07) is 8.59. The Bertz CT molecular complexity index is 1070. The van der Waals surface area contributed by atoms with Crippen molar-refractivity contribution in [1.29, 1.82) is 0 Å². The Labute approximate surface area is 174 Å². The summed E-state index contributed by atoms with van der Waals surface area (Å²) in [5.74, 6) is 2.10. The van der Waals surface area contributed by atoms with Crippen LogP contribution in [0, 0.1) is 0 Å². The number of hydrogen-bond donors (Lipinski definition) is 0. The van der Waals surface area contributed by atoms with Crippen LogP contribution in [-0.2, 0) is 10.0 Å². The number of benzene rings is 1. The lowest BCUT2D eigenvalue weighted by molar-refractivity contribution is 0.354. The van der Waals surface area contributed by atoms with Crippen LogP contribution >= 0.6 is 11.3 Å². The Balaban J connectivity index is 1.59. The van der Waals surface area contributed by atoms with Crippen LogP contribution in [0.3, 0.4) is 0 Å². The molecule has 1 aromatic carbocycles. The lowest BCUT2D eigenvalue weighted by Crippen LogP contribution is -2.30. The van der Waals surface area contributed by atoms with Crippen LogP contribution in [-0.4, -0.2) is 32.2 Å². The highest BCUT2D eigenvalue weighted by Gasteiger charge is 2.27. The maximum Gasteiger partial charge on any atom is 0.273 e. The van der Waals surface area contributed by atoms with Gasteiger partial charge >= 0.3 is 0 Å². The molecule has 0 radical (unpaired) electrons. The van der Waals surface area contributed by atoms with E-state index < -0.39 is 10.0 Å². The fraction of sp³-hybridized carbons (Fsp3) is 0.400. The Morgan fingerprint density at radius 1 is 1.24 bits per heavy atom. The second kappa shape index (κ2) is 8.16. The predicted octanol–water partition coefficient (Wildman–Crippen LogP) is 4.68. The zero-order valence-electron chi connectivity index (χ0n) is 16.4. The maximum absolute atomic E-state index is 13.2. The van der Waals surface area contributed by atoms with Crippen molar-refractivity contribution in [3.8, 4) is 17.1 Å². The fourth-order valence-electron chi connectivity index (χ4n) is 3.61. The van der Waals surface area contributed by atoms with Crippen molar-refractivity contribution >= 4 is 27.0 Å². The summed E-state index contributed by atoms with van der Waals surface area (Å²) in [7, 11) is -2.12. The van der Waals surface area contributed by atoms with Crippen LogP contribution < -0.4 is 9.04 Å². The molecular weight excluding hydrogens is 410 g/mol. The molecule has 1 fully saturated rings. The molecule has 4 rings (SSSR count). The van der Waals surface area contributed by atoms with Crippen molar-refractivity contribution in [3.05, 3.63) is 41.6 Å². The molecule has 1 aliphatic carbocycles. The van der Waals surface area contributed by atoms with E-state index in [0.29, 0.717) is 41.2 Å². The van der Waals surface area contributed by atoms with E-state index in [2.05, 4.69) is 10.1 Å². The van der Waals surface area contributed by atoms with Gasteiger partial charge in [0.05, 0.1) is 12.8 Å². The first-order valence-electron chi connectivity index (χ1n) is 9.62. The van der Waals surface area contributed by atoms with E-state index >= 15 is 0 Å². The second-order valence-corrected chi connectivity index (χ2v) is 9.96. The molecule has 154 valence electrons. The van der Waals surface area contributed by atoms with Crippen LogP contribution in [0.2, 0.25) is 0 Å². The van der Waals surface area contributed by atoms with Gasteiger partial charge in [0.2, 0.25) is 11.7 Å². The number of aromatic nitrogens is 2. The van der Waals surface area contributed by atoms with Gasteiger partial charge in [0.15, 0.2) is 0 Å². The zero-order valence-corrected chi connectivity index (χ0v) is 18.0. The summed E-state index contributed by atoms with van der Waals surface area (Å²) in [6.45, 7) is 2.12. The first kappa shape index (κ1) is 19.9. The van der Waals surface area contributed by atoms with Crippen molar-refractivity contribution in [2.24, 2.45) is 0 Å². The van der Waals surface area contributed by atoms with E-state index in [1.807, 2.05) is 6.92 Å². The number of nitrogens with zero attached hydrogens (tertiary/aromatic N) is 3. The number of ether oxygens (including phenoxy) is 1. The summed E-state index contributed by atoms with van der Waals surface area (Å²) in [5.41, 5.74) is 1.25. The molecule has 0 amide bonds. The van der Waals surface area contributed by atoms with Crippen LogP contribution in [0.5, 0.6) is 5.75 Å². The summed E-state index contributed by atoms with van der Waals surface area (Å²) in [4.78, 5) is 4.51. The molecule has 29 heavy (non-hydrogen) atoms. The summed E-state index contributed by atoms with van der Waals surface area (Å²) in [6.07, 6.45) is 4.50. The van der Waals surface area contributed by atoms with Crippen LogP contribution in [0.15, 0.2) is 44.4 Å². The minimum absolute atomic E-state index is 0.248.